The van der Waals surface area contributed by atoms with Gasteiger partial charge in [0.15, 0.2) is 0 Å². The zero-order valence-corrected chi connectivity index (χ0v) is 19.4. The predicted octanol–water partition coefficient (Wildman–Crippen LogP) is 1.00. The molecule has 3 N–H and O–H groups in total. The molecule has 0 spiro atoms. The molecule has 0 bridgehead atoms. The largest absolute Gasteiger partial charge is 0.378 e. The molecule has 178 valence electrons. The molecular formula is C22H29N5O5S. The normalized spacial score (nSPS) is 18.3. The van der Waals surface area contributed by atoms with Crippen molar-refractivity contribution >= 4 is 33.2 Å². The lowest BCUT2D eigenvalue weighted by Crippen LogP contribution is -2.41. The van der Waals surface area contributed by atoms with E-state index in [-0.39, 0.29) is 35.5 Å². The number of sulfonamides is 1. The van der Waals surface area contributed by atoms with Crippen molar-refractivity contribution < 1.29 is 22.7 Å². The van der Waals surface area contributed by atoms with Crippen LogP contribution in [-0.2, 0) is 26.6 Å². The Labute approximate surface area is 193 Å². The number of nitrogens with zero attached hydrogens (tertiary/aromatic N) is 3. The van der Waals surface area contributed by atoms with Crippen molar-refractivity contribution in [1.29, 1.82) is 0 Å². The zero-order chi connectivity index (χ0) is 23.6. The van der Waals surface area contributed by atoms with Crippen molar-refractivity contribution in [3.05, 3.63) is 42.2 Å². The van der Waals surface area contributed by atoms with Crippen molar-refractivity contribution in [2.24, 2.45) is 18.7 Å². The van der Waals surface area contributed by atoms with E-state index >= 15 is 0 Å². The third-order valence-corrected chi connectivity index (χ3v) is 8.07. The number of amides is 2. The molecule has 2 aliphatic rings. The summed E-state index contributed by atoms with van der Waals surface area (Å²) in [5.41, 5.74) is 7.23. The van der Waals surface area contributed by atoms with Crippen LogP contribution in [0.2, 0.25) is 0 Å². The number of carbonyl (C=O) groups is 2. The van der Waals surface area contributed by atoms with Crippen molar-refractivity contribution in [2.75, 3.05) is 49.6 Å². The predicted molar refractivity (Wildman–Crippen MR) is 124 cm³/mol. The second kappa shape index (κ2) is 9.54. The summed E-state index contributed by atoms with van der Waals surface area (Å²) in [4.78, 5) is 26.5. The zero-order valence-electron chi connectivity index (χ0n) is 18.6. The molecule has 33 heavy (non-hydrogen) atoms. The van der Waals surface area contributed by atoms with E-state index in [2.05, 4.69) is 10.2 Å². The number of anilines is 2. The van der Waals surface area contributed by atoms with Crippen molar-refractivity contribution in [1.82, 2.24) is 8.87 Å². The molecule has 2 aliphatic heterocycles. The lowest BCUT2D eigenvalue weighted by molar-refractivity contribution is -0.120. The summed E-state index contributed by atoms with van der Waals surface area (Å²) in [5, 5.41) is 2.95. The summed E-state index contributed by atoms with van der Waals surface area (Å²) in [6.07, 6.45) is 2.23. The minimum Gasteiger partial charge on any atom is -0.378 e. The van der Waals surface area contributed by atoms with Crippen LogP contribution in [0.5, 0.6) is 0 Å². The van der Waals surface area contributed by atoms with E-state index in [4.69, 9.17) is 10.5 Å². The van der Waals surface area contributed by atoms with Gasteiger partial charge in [-0.3, -0.25) is 9.59 Å². The van der Waals surface area contributed by atoms with Gasteiger partial charge in [-0.25, -0.2) is 8.42 Å². The maximum atomic E-state index is 13.0. The number of aryl methyl sites for hydroxylation is 1. The van der Waals surface area contributed by atoms with E-state index in [1.54, 1.807) is 7.05 Å². The molecule has 0 unspecified atom stereocenters. The number of nitrogens with one attached hydrogen (secondary N) is 1. The van der Waals surface area contributed by atoms with Gasteiger partial charge in [-0.2, -0.15) is 4.31 Å². The first-order valence-electron chi connectivity index (χ1n) is 11.0. The van der Waals surface area contributed by atoms with Gasteiger partial charge in [0.2, 0.25) is 15.9 Å². The van der Waals surface area contributed by atoms with Gasteiger partial charge in [0.25, 0.3) is 5.91 Å². The number of piperidine rings is 1. The summed E-state index contributed by atoms with van der Waals surface area (Å²) < 4.78 is 34.0. The van der Waals surface area contributed by atoms with E-state index < -0.39 is 15.9 Å². The number of ether oxygens (including phenoxy) is 1. The molecular weight excluding hydrogens is 446 g/mol. The molecule has 11 heteroatoms. The minimum absolute atomic E-state index is 0.0297. The highest BCUT2D eigenvalue weighted by Crippen LogP contribution is 2.26. The summed E-state index contributed by atoms with van der Waals surface area (Å²) in [6, 6.07) is 9.02. The van der Waals surface area contributed by atoms with Gasteiger partial charge < -0.3 is 25.3 Å². The van der Waals surface area contributed by atoms with Crippen LogP contribution in [0.1, 0.15) is 23.3 Å². The second-order valence-electron chi connectivity index (χ2n) is 8.35. The summed E-state index contributed by atoms with van der Waals surface area (Å²) in [7, 11) is -2.19. The first kappa shape index (κ1) is 23.3. The molecule has 0 aliphatic carbocycles. The third kappa shape index (κ3) is 5.05. The second-order valence-corrected chi connectivity index (χ2v) is 10.3. The van der Waals surface area contributed by atoms with E-state index in [0.29, 0.717) is 26.1 Å². The molecule has 2 amide bonds. The standard InChI is InChI=1S/C22H29N5O5S/c1-25-15-19(14-20(25)21(23)28)33(30,31)27-8-6-16(7-9-27)22(29)24-17-2-4-18(5-3-17)26-10-12-32-13-11-26/h2-5,14-16H,6-13H2,1H3,(H2,23,28)(H,24,29). The van der Waals surface area contributed by atoms with Crippen molar-refractivity contribution in [3.8, 4) is 0 Å². The molecule has 2 aromatic rings. The number of hydrogen-bond acceptors (Lipinski definition) is 6. The Kier molecular flexibility index (Phi) is 6.73. The Morgan fingerprint density at radius 2 is 1.70 bits per heavy atom. The lowest BCUT2D eigenvalue weighted by Gasteiger charge is -2.30. The number of hydrogen-bond donors (Lipinski definition) is 2. The number of morpholine rings is 1. The first-order chi connectivity index (χ1) is 15.8. The highest BCUT2D eigenvalue weighted by atomic mass is 32.2. The molecule has 0 radical (unpaired) electrons. The first-order valence-corrected chi connectivity index (χ1v) is 12.4. The maximum absolute atomic E-state index is 13.0. The Bertz CT molecular complexity index is 1110. The average molecular weight is 476 g/mol. The van der Waals surface area contributed by atoms with Crippen LogP contribution in [0, 0.1) is 5.92 Å². The summed E-state index contributed by atoms with van der Waals surface area (Å²) in [5.74, 6) is -1.07. The topological polar surface area (TPSA) is 127 Å². The number of benzene rings is 1. The van der Waals surface area contributed by atoms with Gasteiger partial charge in [0, 0.05) is 56.7 Å². The number of carbonyl (C=O) groups excluding carboxylic acids is 2. The third-order valence-electron chi connectivity index (χ3n) is 6.21. The van der Waals surface area contributed by atoms with Crippen LogP contribution >= 0.6 is 0 Å². The van der Waals surface area contributed by atoms with Crippen LogP contribution in [0.25, 0.3) is 0 Å². The molecule has 10 nitrogen and oxygen atoms in total. The van der Waals surface area contributed by atoms with Crippen molar-refractivity contribution in [2.45, 2.75) is 17.7 Å². The SMILES string of the molecule is Cn1cc(S(=O)(=O)N2CCC(C(=O)Nc3ccc(N4CCOCC4)cc3)CC2)cc1C(N)=O. The average Bonchev–Trinajstić information content (AvgIpc) is 3.23. The highest BCUT2D eigenvalue weighted by molar-refractivity contribution is 7.89. The van der Waals surface area contributed by atoms with Gasteiger partial charge in [-0.15, -0.1) is 0 Å². The Hall–Kier alpha value is -2.89. The van der Waals surface area contributed by atoms with Gasteiger partial charge in [0.05, 0.1) is 13.2 Å². The van der Waals surface area contributed by atoms with Gasteiger partial charge in [-0.1, -0.05) is 0 Å². The van der Waals surface area contributed by atoms with E-state index in [9.17, 15) is 18.0 Å². The number of aromatic nitrogens is 1. The Morgan fingerprint density at radius 1 is 1.06 bits per heavy atom. The number of primary amides is 1. The molecule has 2 saturated heterocycles. The smallest absolute Gasteiger partial charge is 0.265 e. The molecule has 0 saturated carbocycles. The fourth-order valence-electron chi connectivity index (χ4n) is 4.25. The molecule has 0 atom stereocenters. The van der Waals surface area contributed by atoms with Gasteiger partial charge >= 0.3 is 0 Å². The van der Waals surface area contributed by atoms with Crippen LogP contribution in [0.3, 0.4) is 0 Å². The fourth-order valence-corrected chi connectivity index (χ4v) is 5.79. The minimum atomic E-state index is -3.76. The van der Waals surface area contributed by atoms with Crippen LogP contribution < -0.4 is 16.0 Å². The molecule has 1 aromatic heterocycles. The Balaban J connectivity index is 1.33. The van der Waals surface area contributed by atoms with E-state index in [0.717, 1.165) is 24.5 Å². The molecule has 4 rings (SSSR count). The maximum Gasteiger partial charge on any atom is 0.265 e. The van der Waals surface area contributed by atoms with Crippen LogP contribution in [-0.4, -0.2) is 68.5 Å². The molecule has 3 heterocycles. The molecule has 2 fully saturated rings. The van der Waals surface area contributed by atoms with Crippen LogP contribution in [0.15, 0.2) is 41.4 Å². The van der Waals surface area contributed by atoms with Crippen molar-refractivity contribution in [3.63, 3.8) is 0 Å². The quantitative estimate of drug-likeness (QED) is 0.642. The Morgan fingerprint density at radius 3 is 2.27 bits per heavy atom. The van der Waals surface area contributed by atoms with Crippen LogP contribution in [0.4, 0.5) is 11.4 Å². The number of nitrogens with two attached hydrogens (primary N) is 1. The van der Waals surface area contributed by atoms with Gasteiger partial charge in [0.1, 0.15) is 10.6 Å². The highest BCUT2D eigenvalue weighted by Gasteiger charge is 2.33. The van der Waals surface area contributed by atoms with E-state index in [1.807, 2.05) is 24.3 Å². The molecule has 1 aromatic carbocycles. The fraction of sp³-hybridized carbons (Fsp3) is 0.455. The van der Waals surface area contributed by atoms with E-state index in [1.165, 1.54) is 21.1 Å². The monoisotopic (exact) mass is 475 g/mol. The summed E-state index contributed by atoms with van der Waals surface area (Å²) >= 11 is 0. The van der Waals surface area contributed by atoms with Gasteiger partial charge in [-0.05, 0) is 43.2 Å². The number of rotatable bonds is 6. The summed E-state index contributed by atoms with van der Waals surface area (Å²) in [6.45, 7) is 3.58. The lowest BCUT2D eigenvalue weighted by atomic mass is 9.97.